The summed E-state index contributed by atoms with van der Waals surface area (Å²) in [4.78, 5) is 23.2. The van der Waals surface area contributed by atoms with Crippen LogP contribution in [-0.4, -0.2) is 37.5 Å². The minimum absolute atomic E-state index is 0.115. The van der Waals surface area contributed by atoms with Crippen molar-refractivity contribution in [2.45, 2.75) is 25.2 Å². The number of amides is 1. The van der Waals surface area contributed by atoms with Crippen LogP contribution in [0.1, 0.15) is 23.1 Å². The lowest BCUT2D eigenvalue weighted by Crippen LogP contribution is -2.15. The van der Waals surface area contributed by atoms with E-state index in [0.717, 1.165) is 5.75 Å². The number of carboxylic acid groups (broad SMARTS) is 1. The molecule has 0 spiro atoms. The number of carboxylic acids is 1. The topological polar surface area (TPSA) is 106 Å². The average Bonchev–Trinajstić information content (AvgIpc) is 3.13. The molecule has 29 heavy (non-hydrogen) atoms. The SMILES string of the molecule is CCn1c(COc2ccccc2)nnc1SCC(=O)Nc1cccc(C(=O)O)c1. The Balaban J connectivity index is 1.57. The number of ether oxygens (including phenoxy) is 1. The van der Waals surface area contributed by atoms with Crippen LogP contribution in [0.4, 0.5) is 5.69 Å². The van der Waals surface area contributed by atoms with E-state index in [1.807, 2.05) is 41.8 Å². The molecule has 0 aliphatic rings. The third-order valence-corrected chi connectivity index (χ3v) is 4.91. The molecule has 2 aromatic carbocycles. The van der Waals surface area contributed by atoms with E-state index in [1.54, 1.807) is 12.1 Å². The smallest absolute Gasteiger partial charge is 0.335 e. The average molecular weight is 412 g/mol. The number of benzene rings is 2. The zero-order chi connectivity index (χ0) is 20.6. The minimum atomic E-state index is -1.04. The molecule has 0 aliphatic carbocycles. The van der Waals surface area contributed by atoms with Crippen LogP contribution in [0.3, 0.4) is 0 Å². The molecule has 0 unspecified atom stereocenters. The highest BCUT2D eigenvalue weighted by Gasteiger charge is 2.14. The largest absolute Gasteiger partial charge is 0.486 e. The summed E-state index contributed by atoms with van der Waals surface area (Å²) in [5.74, 6) is 0.236. The van der Waals surface area contributed by atoms with Gasteiger partial charge in [-0.2, -0.15) is 0 Å². The number of rotatable bonds is 9. The molecule has 0 saturated heterocycles. The Morgan fingerprint density at radius 3 is 2.66 bits per heavy atom. The van der Waals surface area contributed by atoms with E-state index in [4.69, 9.17) is 9.84 Å². The van der Waals surface area contributed by atoms with Crippen molar-refractivity contribution in [3.05, 3.63) is 66.0 Å². The maximum Gasteiger partial charge on any atom is 0.335 e. The zero-order valence-corrected chi connectivity index (χ0v) is 16.6. The van der Waals surface area contributed by atoms with E-state index in [2.05, 4.69) is 15.5 Å². The van der Waals surface area contributed by atoms with Crippen molar-refractivity contribution in [1.29, 1.82) is 0 Å². The van der Waals surface area contributed by atoms with E-state index in [0.29, 0.717) is 23.2 Å². The van der Waals surface area contributed by atoms with Crippen molar-refractivity contribution >= 4 is 29.3 Å². The molecule has 0 saturated carbocycles. The maximum absolute atomic E-state index is 12.2. The number of aromatic carboxylic acids is 1. The molecule has 1 amide bonds. The number of thioether (sulfide) groups is 1. The molecule has 3 rings (SSSR count). The Bertz CT molecular complexity index is 991. The van der Waals surface area contributed by atoms with Crippen molar-refractivity contribution in [2.75, 3.05) is 11.1 Å². The first-order chi connectivity index (χ1) is 14.1. The first kappa shape index (κ1) is 20.4. The Morgan fingerprint density at radius 1 is 1.14 bits per heavy atom. The van der Waals surface area contributed by atoms with Crippen LogP contribution in [0.15, 0.2) is 59.8 Å². The fourth-order valence-electron chi connectivity index (χ4n) is 2.57. The molecule has 1 heterocycles. The molecule has 0 fully saturated rings. The van der Waals surface area contributed by atoms with E-state index in [9.17, 15) is 9.59 Å². The molecule has 3 aromatic rings. The summed E-state index contributed by atoms with van der Waals surface area (Å²) in [6.45, 7) is 2.89. The maximum atomic E-state index is 12.2. The molecular formula is C20H20N4O4S. The first-order valence-electron chi connectivity index (χ1n) is 8.92. The lowest BCUT2D eigenvalue weighted by atomic mass is 10.2. The highest BCUT2D eigenvalue weighted by atomic mass is 32.2. The van der Waals surface area contributed by atoms with E-state index in [-0.39, 0.29) is 23.8 Å². The van der Waals surface area contributed by atoms with Gasteiger partial charge >= 0.3 is 5.97 Å². The monoisotopic (exact) mass is 412 g/mol. The molecule has 150 valence electrons. The number of anilines is 1. The van der Waals surface area contributed by atoms with Crippen LogP contribution in [0.2, 0.25) is 0 Å². The van der Waals surface area contributed by atoms with Gasteiger partial charge in [0.1, 0.15) is 12.4 Å². The van der Waals surface area contributed by atoms with Crippen LogP contribution >= 0.6 is 11.8 Å². The molecular weight excluding hydrogens is 392 g/mol. The van der Waals surface area contributed by atoms with Crippen molar-refractivity contribution in [3.8, 4) is 5.75 Å². The number of carbonyl (C=O) groups excluding carboxylic acids is 1. The Kier molecular flexibility index (Phi) is 6.85. The van der Waals surface area contributed by atoms with Crippen molar-refractivity contribution < 1.29 is 19.4 Å². The third-order valence-electron chi connectivity index (χ3n) is 3.95. The van der Waals surface area contributed by atoms with E-state index in [1.165, 1.54) is 23.9 Å². The van der Waals surface area contributed by atoms with Gasteiger partial charge in [-0.05, 0) is 37.3 Å². The van der Waals surface area contributed by atoms with E-state index >= 15 is 0 Å². The van der Waals surface area contributed by atoms with Crippen molar-refractivity contribution in [3.63, 3.8) is 0 Å². The molecule has 1 aromatic heterocycles. The van der Waals surface area contributed by atoms with Gasteiger partial charge in [0, 0.05) is 12.2 Å². The van der Waals surface area contributed by atoms with Gasteiger partial charge in [0.05, 0.1) is 11.3 Å². The number of carbonyl (C=O) groups is 2. The summed E-state index contributed by atoms with van der Waals surface area (Å²) in [6, 6.07) is 15.5. The second-order valence-corrected chi connectivity index (χ2v) is 6.91. The van der Waals surface area contributed by atoms with E-state index < -0.39 is 5.97 Å². The second kappa shape index (κ2) is 9.74. The fraction of sp³-hybridized carbons (Fsp3) is 0.200. The highest BCUT2D eigenvalue weighted by Crippen LogP contribution is 2.19. The molecule has 0 atom stereocenters. The van der Waals surface area contributed by atoms with Crippen molar-refractivity contribution in [1.82, 2.24) is 14.8 Å². The molecule has 9 heteroatoms. The lowest BCUT2D eigenvalue weighted by Gasteiger charge is -2.09. The Hall–Kier alpha value is -3.33. The van der Waals surface area contributed by atoms with Gasteiger partial charge in [0.2, 0.25) is 5.91 Å². The quantitative estimate of drug-likeness (QED) is 0.519. The molecule has 0 aliphatic heterocycles. The van der Waals surface area contributed by atoms with Crippen LogP contribution < -0.4 is 10.1 Å². The zero-order valence-electron chi connectivity index (χ0n) is 15.7. The summed E-state index contributed by atoms with van der Waals surface area (Å²) in [6.07, 6.45) is 0. The summed E-state index contributed by atoms with van der Waals surface area (Å²) in [5, 5.41) is 20.7. The summed E-state index contributed by atoms with van der Waals surface area (Å²) in [5.41, 5.74) is 0.550. The minimum Gasteiger partial charge on any atom is -0.486 e. The number of para-hydroxylation sites is 1. The van der Waals surface area contributed by atoms with Gasteiger partial charge < -0.3 is 19.7 Å². The highest BCUT2D eigenvalue weighted by molar-refractivity contribution is 7.99. The van der Waals surface area contributed by atoms with Gasteiger partial charge in [-0.1, -0.05) is 36.0 Å². The number of nitrogens with one attached hydrogen (secondary N) is 1. The summed E-state index contributed by atoms with van der Waals surface area (Å²) >= 11 is 1.26. The van der Waals surface area contributed by atoms with Gasteiger partial charge in [-0.3, -0.25) is 4.79 Å². The molecule has 0 bridgehead atoms. The number of aromatic nitrogens is 3. The normalized spacial score (nSPS) is 10.5. The molecule has 2 N–H and O–H groups in total. The van der Waals surface area contributed by atoms with Crippen LogP contribution in [0, 0.1) is 0 Å². The number of hydrogen-bond donors (Lipinski definition) is 2. The standard InChI is InChI=1S/C20H20N4O4S/c1-2-24-17(12-28-16-9-4-3-5-10-16)22-23-20(24)29-13-18(25)21-15-8-6-7-14(11-15)19(26)27/h3-11H,2,12-13H2,1H3,(H,21,25)(H,26,27). The molecule has 8 nitrogen and oxygen atoms in total. The predicted molar refractivity (Wildman–Crippen MR) is 109 cm³/mol. The van der Waals surface area contributed by atoms with Crippen LogP contribution in [0.25, 0.3) is 0 Å². The predicted octanol–water partition coefficient (Wildman–Crippen LogP) is 3.31. The number of hydrogen-bond acceptors (Lipinski definition) is 6. The fourth-order valence-corrected chi connectivity index (χ4v) is 3.39. The Labute approximate surface area is 171 Å². The van der Waals surface area contributed by atoms with Gasteiger partial charge in [0.15, 0.2) is 11.0 Å². The summed E-state index contributed by atoms with van der Waals surface area (Å²) < 4.78 is 7.62. The number of nitrogens with zero attached hydrogens (tertiary/aromatic N) is 3. The van der Waals surface area contributed by atoms with Gasteiger partial charge in [-0.25, -0.2) is 4.79 Å². The second-order valence-electron chi connectivity index (χ2n) is 5.97. The third kappa shape index (κ3) is 5.58. The summed E-state index contributed by atoms with van der Waals surface area (Å²) in [7, 11) is 0. The first-order valence-corrected chi connectivity index (χ1v) is 9.91. The van der Waals surface area contributed by atoms with Gasteiger partial charge in [0.25, 0.3) is 0 Å². The van der Waals surface area contributed by atoms with Crippen LogP contribution in [-0.2, 0) is 17.9 Å². The Morgan fingerprint density at radius 2 is 1.93 bits per heavy atom. The lowest BCUT2D eigenvalue weighted by molar-refractivity contribution is -0.113. The van der Waals surface area contributed by atoms with Gasteiger partial charge in [-0.15, -0.1) is 10.2 Å². The van der Waals surface area contributed by atoms with Crippen LogP contribution in [0.5, 0.6) is 5.75 Å². The molecule has 0 radical (unpaired) electrons. The van der Waals surface area contributed by atoms with Crippen molar-refractivity contribution in [2.24, 2.45) is 0 Å².